The quantitative estimate of drug-likeness (QED) is 0.925. The third-order valence-electron chi connectivity index (χ3n) is 5.41. The Labute approximate surface area is 145 Å². The van der Waals surface area contributed by atoms with Crippen LogP contribution >= 0.6 is 0 Å². The molecule has 2 aliphatic rings. The van der Waals surface area contributed by atoms with E-state index in [1.165, 1.54) is 25.7 Å². The van der Waals surface area contributed by atoms with Crippen LogP contribution in [0.15, 0.2) is 18.3 Å². The number of amides is 1. The lowest BCUT2D eigenvalue weighted by Crippen LogP contribution is -2.45. The van der Waals surface area contributed by atoms with Crippen LogP contribution in [-0.4, -0.2) is 48.0 Å². The summed E-state index contributed by atoms with van der Waals surface area (Å²) in [5.74, 6) is 1.50. The first-order chi connectivity index (χ1) is 11.6. The predicted octanol–water partition coefficient (Wildman–Crippen LogP) is 2.66. The maximum atomic E-state index is 12.7. The summed E-state index contributed by atoms with van der Waals surface area (Å²) >= 11 is 0. The molecule has 2 fully saturated rings. The van der Waals surface area contributed by atoms with E-state index in [1.807, 2.05) is 24.0 Å². The van der Waals surface area contributed by atoms with Crippen LogP contribution in [0.1, 0.15) is 55.8 Å². The molecule has 2 N–H and O–H groups in total. The minimum Gasteiger partial charge on any atom is -0.357 e. The zero-order valence-corrected chi connectivity index (χ0v) is 14.8. The van der Waals surface area contributed by atoms with Crippen LogP contribution in [0.5, 0.6) is 0 Å². The molecular formula is C19H30N4O. The van der Waals surface area contributed by atoms with Crippen LogP contribution < -0.4 is 10.6 Å². The lowest BCUT2D eigenvalue weighted by molar-refractivity contribution is 0.0660. The van der Waals surface area contributed by atoms with E-state index < -0.39 is 0 Å². The number of likely N-dealkylation sites (tertiary alicyclic amines) is 1. The van der Waals surface area contributed by atoms with E-state index in [-0.39, 0.29) is 11.9 Å². The van der Waals surface area contributed by atoms with Crippen molar-refractivity contribution in [3.8, 4) is 0 Å². The lowest BCUT2D eigenvalue weighted by atomic mass is 9.92. The van der Waals surface area contributed by atoms with Gasteiger partial charge in [-0.1, -0.05) is 12.8 Å². The van der Waals surface area contributed by atoms with Crippen LogP contribution in [0, 0.1) is 5.92 Å². The molecule has 5 nitrogen and oxygen atoms in total. The van der Waals surface area contributed by atoms with Gasteiger partial charge in [0.2, 0.25) is 0 Å². The number of carbonyl (C=O) groups excluding carboxylic acids is 1. The van der Waals surface area contributed by atoms with Crippen molar-refractivity contribution in [2.75, 3.05) is 31.1 Å². The molecule has 2 saturated heterocycles. The number of rotatable bonds is 3. The molecule has 0 saturated carbocycles. The number of nitrogens with two attached hydrogens (primary N) is 1. The van der Waals surface area contributed by atoms with Crippen molar-refractivity contribution in [3.63, 3.8) is 0 Å². The van der Waals surface area contributed by atoms with E-state index in [0.717, 1.165) is 44.8 Å². The molecule has 3 rings (SSSR count). The molecule has 0 aromatic carbocycles. The Balaban J connectivity index is 1.65. The van der Waals surface area contributed by atoms with Gasteiger partial charge in [-0.15, -0.1) is 0 Å². The minimum absolute atomic E-state index is 0.0928. The Morgan fingerprint density at radius 1 is 1.17 bits per heavy atom. The Morgan fingerprint density at radius 2 is 1.92 bits per heavy atom. The number of aromatic nitrogens is 1. The largest absolute Gasteiger partial charge is 0.357 e. The van der Waals surface area contributed by atoms with Crippen LogP contribution in [0.25, 0.3) is 0 Å². The summed E-state index contributed by atoms with van der Waals surface area (Å²) < 4.78 is 0. The molecular weight excluding hydrogens is 300 g/mol. The third-order valence-corrected chi connectivity index (χ3v) is 5.41. The van der Waals surface area contributed by atoms with Crippen LogP contribution in [0.4, 0.5) is 5.82 Å². The first kappa shape index (κ1) is 17.2. The van der Waals surface area contributed by atoms with Crippen LogP contribution in [-0.2, 0) is 0 Å². The van der Waals surface area contributed by atoms with Crippen molar-refractivity contribution in [2.24, 2.45) is 11.7 Å². The average molecular weight is 330 g/mol. The molecule has 2 atom stereocenters. The van der Waals surface area contributed by atoms with Gasteiger partial charge in [0.1, 0.15) is 5.82 Å². The van der Waals surface area contributed by atoms with Gasteiger partial charge in [0, 0.05) is 38.4 Å². The lowest BCUT2D eigenvalue weighted by Gasteiger charge is -2.34. The van der Waals surface area contributed by atoms with Gasteiger partial charge in [0.05, 0.1) is 5.56 Å². The standard InChI is InChI=1S/C19H30N4O/c1-15(20)17-7-6-12-23(14-17)19(24)16-8-9-18(21-13-16)22-10-4-2-3-5-11-22/h8-9,13,15,17H,2-7,10-12,14,20H2,1H3. The van der Waals surface area contributed by atoms with E-state index in [1.54, 1.807) is 6.20 Å². The average Bonchev–Trinajstić information content (AvgIpc) is 2.91. The van der Waals surface area contributed by atoms with E-state index in [4.69, 9.17) is 5.73 Å². The van der Waals surface area contributed by atoms with Gasteiger partial charge in [-0.05, 0) is 50.7 Å². The summed E-state index contributed by atoms with van der Waals surface area (Å²) in [4.78, 5) is 21.6. The first-order valence-electron chi connectivity index (χ1n) is 9.41. The molecule has 1 aromatic rings. The fourth-order valence-electron chi connectivity index (χ4n) is 3.81. The molecule has 0 radical (unpaired) electrons. The van der Waals surface area contributed by atoms with E-state index in [0.29, 0.717) is 11.5 Å². The summed E-state index contributed by atoms with van der Waals surface area (Å²) in [5, 5.41) is 0. The van der Waals surface area contributed by atoms with Crippen molar-refractivity contribution in [1.29, 1.82) is 0 Å². The monoisotopic (exact) mass is 330 g/mol. The van der Waals surface area contributed by atoms with Crippen molar-refractivity contribution in [1.82, 2.24) is 9.88 Å². The normalized spacial score (nSPS) is 23.7. The molecule has 2 unspecified atom stereocenters. The second-order valence-corrected chi connectivity index (χ2v) is 7.32. The maximum Gasteiger partial charge on any atom is 0.255 e. The zero-order chi connectivity index (χ0) is 16.9. The highest BCUT2D eigenvalue weighted by atomic mass is 16.2. The smallest absolute Gasteiger partial charge is 0.255 e. The highest BCUT2D eigenvalue weighted by molar-refractivity contribution is 5.94. The van der Waals surface area contributed by atoms with Gasteiger partial charge in [0.25, 0.3) is 5.91 Å². The SMILES string of the molecule is CC(N)C1CCCN(C(=O)c2ccc(N3CCCCCC3)nc2)C1. The maximum absolute atomic E-state index is 12.7. The Kier molecular flexibility index (Phi) is 5.72. The molecule has 3 heterocycles. The molecule has 0 bridgehead atoms. The predicted molar refractivity (Wildman–Crippen MR) is 97.2 cm³/mol. The number of nitrogens with zero attached hydrogens (tertiary/aromatic N) is 3. The summed E-state index contributed by atoms with van der Waals surface area (Å²) in [6.45, 7) is 5.78. The van der Waals surface area contributed by atoms with Crippen molar-refractivity contribution >= 4 is 11.7 Å². The second kappa shape index (κ2) is 7.97. The van der Waals surface area contributed by atoms with Gasteiger partial charge in [-0.3, -0.25) is 4.79 Å². The minimum atomic E-state index is 0.0928. The molecule has 1 aromatic heterocycles. The van der Waals surface area contributed by atoms with E-state index in [2.05, 4.69) is 9.88 Å². The fourth-order valence-corrected chi connectivity index (χ4v) is 3.81. The molecule has 2 aliphatic heterocycles. The molecule has 24 heavy (non-hydrogen) atoms. The zero-order valence-electron chi connectivity index (χ0n) is 14.8. The Bertz CT molecular complexity index is 535. The van der Waals surface area contributed by atoms with E-state index >= 15 is 0 Å². The molecule has 0 aliphatic carbocycles. The summed E-state index contributed by atoms with van der Waals surface area (Å²) in [6.07, 6.45) is 8.98. The van der Waals surface area contributed by atoms with Crippen molar-refractivity contribution in [3.05, 3.63) is 23.9 Å². The molecule has 5 heteroatoms. The highest BCUT2D eigenvalue weighted by Gasteiger charge is 2.26. The van der Waals surface area contributed by atoms with Gasteiger partial charge in [-0.25, -0.2) is 4.98 Å². The van der Waals surface area contributed by atoms with Gasteiger partial charge >= 0.3 is 0 Å². The third kappa shape index (κ3) is 4.07. The number of piperidine rings is 1. The fraction of sp³-hybridized carbons (Fsp3) is 0.684. The summed E-state index contributed by atoms with van der Waals surface area (Å²) in [5.41, 5.74) is 6.72. The van der Waals surface area contributed by atoms with Gasteiger partial charge < -0.3 is 15.5 Å². The molecule has 1 amide bonds. The highest BCUT2D eigenvalue weighted by Crippen LogP contribution is 2.22. The van der Waals surface area contributed by atoms with Gasteiger partial charge in [-0.2, -0.15) is 0 Å². The second-order valence-electron chi connectivity index (χ2n) is 7.32. The summed E-state index contributed by atoms with van der Waals surface area (Å²) in [7, 11) is 0. The summed E-state index contributed by atoms with van der Waals surface area (Å²) in [6, 6.07) is 4.08. The molecule has 0 spiro atoms. The first-order valence-corrected chi connectivity index (χ1v) is 9.41. The number of anilines is 1. The van der Waals surface area contributed by atoms with E-state index in [9.17, 15) is 4.79 Å². The Hall–Kier alpha value is -1.62. The van der Waals surface area contributed by atoms with Crippen LogP contribution in [0.2, 0.25) is 0 Å². The van der Waals surface area contributed by atoms with Crippen molar-refractivity contribution in [2.45, 2.75) is 51.5 Å². The number of pyridine rings is 1. The van der Waals surface area contributed by atoms with Gasteiger partial charge in [0.15, 0.2) is 0 Å². The molecule has 132 valence electrons. The van der Waals surface area contributed by atoms with Crippen molar-refractivity contribution < 1.29 is 4.79 Å². The van der Waals surface area contributed by atoms with Crippen LogP contribution in [0.3, 0.4) is 0 Å². The number of carbonyl (C=O) groups is 1. The number of hydrogen-bond donors (Lipinski definition) is 1. The number of hydrogen-bond acceptors (Lipinski definition) is 4. The topological polar surface area (TPSA) is 62.5 Å². The Morgan fingerprint density at radius 3 is 2.54 bits per heavy atom.